The fraction of sp³-hybridized carbons (Fsp3) is 0.385. The summed E-state index contributed by atoms with van der Waals surface area (Å²) in [7, 11) is 0. The minimum atomic E-state index is 0.119. The van der Waals surface area contributed by atoms with Gasteiger partial charge in [-0.05, 0) is 5.56 Å². The van der Waals surface area contributed by atoms with Crippen molar-refractivity contribution in [2.24, 2.45) is 9.98 Å². The number of rotatable bonds is 3. The number of hydrogen-bond acceptors (Lipinski definition) is 4. The molecule has 2 heterocycles. The van der Waals surface area contributed by atoms with E-state index in [2.05, 4.69) is 22.1 Å². The predicted octanol–water partition coefficient (Wildman–Crippen LogP) is 1.98. The number of benzene rings is 1. The predicted molar refractivity (Wildman–Crippen MR) is 65.4 cm³/mol. The van der Waals surface area contributed by atoms with E-state index in [4.69, 9.17) is 9.47 Å². The second kappa shape index (κ2) is 4.57. The molecule has 0 saturated carbocycles. The van der Waals surface area contributed by atoms with Crippen molar-refractivity contribution in [2.45, 2.75) is 12.5 Å². The highest BCUT2D eigenvalue weighted by molar-refractivity contribution is 5.98. The van der Waals surface area contributed by atoms with Crippen LogP contribution in [0.15, 0.2) is 40.3 Å². The van der Waals surface area contributed by atoms with Crippen LogP contribution in [0.2, 0.25) is 0 Å². The molecular formula is C13H14N2O2. The van der Waals surface area contributed by atoms with E-state index in [1.807, 2.05) is 18.2 Å². The molecular weight excluding hydrogens is 216 g/mol. The maximum Gasteiger partial charge on any atom is 0.193 e. The van der Waals surface area contributed by atoms with Crippen LogP contribution in [-0.2, 0) is 9.47 Å². The van der Waals surface area contributed by atoms with E-state index in [0.717, 1.165) is 18.3 Å². The molecule has 4 heteroatoms. The summed E-state index contributed by atoms with van der Waals surface area (Å²) in [6, 6.07) is 10.3. The zero-order valence-corrected chi connectivity index (χ0v) is 9.50. The molecule has 88 valence electrons. The van der Waals surface area contributed by atoms with E-state index in [1.165, 1.54) is 5.56 Å². The van der Waals surface area contributed by atoms with Crippen LogP contribution in [0, 0.1) is 0 Å². The summed E-state index contributed by atoms with van der Waals surface area (Å²) in [5.74, 6) is 1.48. The first-order valence-corrected chi connectivity index (χ1v) is 5.82. The lowest BCUT2D eigenvalue weighted by molar-refractivity contribution is 0.307. The van der Waals surface area contributed by atoms with Gasteiger partial charge in [0.15, 0.2) is 11.8 Å². The van der Waals surface area contributed by atoms with E-state index in [9.17, 15) is 0 Å². The van der Waals surface area contributed by atoms with Gasteiger partial charge in [-0.2, -0.15) is 0 Å². The Balaban J connectivity index is 1.68. The van der Waals surface area contributed by atoms with Crippen molar-refractivity contribution >= 4 is 11.8 Å². The molecule has 0 aromatic heterocycles. The van der Waals surface area contributed by atoms with E-state index in [1.54, 1.807) is 0 Å². The Bertz CT molecular complexity index is 454. The lowest BCUT2D eigenvalue weighted by Gasteiger charge is -2.03. The summed E-state index contributed by atoms with van der Waals surface area (Å²) < 4.78 is 10.9. The van der Waals surface area contributed by atoms with Gasteiger partial charge >= 0.3 is 0 Å². The van der Waals surface area contributed by atoms with Crippen LogP contribution >= 0.6 is 0 Å². The summed E-state index contributed by atoms with van der Waals surface area (Å²) in [4.78, 5) is 8.79. The third kappa shape index (κ3) is 2.30. The van der Waals surface area contributed by atoms with Crippen molar-refractivity contribution in [1.82, 2.24) is 0 Å². The molecule has 0 amide bonds. The number of ether oxygens (including phenoxy) is 2. The largest absolute Gasteiger partial charge is 0.479 e. The number of hydrogen-bond donors (Lipinski definition) is 0. The quantitative estimate of drug-likeness (QED) is 0.796. The lowest BCUT2D eigenvalue weighted by Crippen LogP contribution is -2.08. The zero-order chi connectivity index (χ0) is 11.5. The molecule has 0 N–H and O–H groups in total. The van der Waals surface area contributed by atoms with Crippen molar-refractivity contribution in [1.29, 1.82) is 0 Å². The van der Waals surface area contributed by atoms with Crippen LogP contribution < -0.4 is 0 Å². The molecule has 0 saturated heterocycles. The average Bonchev–Trinajstić information content (AvgIpc) is 3.02. The molecule has 0 radical (unpaired) electrons. The van der Waals surface area contributed by atoms with Gasteiger partial charge in [0.25, 0.3) is 0 Å². The molecule has 1 atom stereocenters. The third-order valence-electron chi connectivity index (χ3n) is 2.84. The smallest absolute Gasteiger partial charge is 0.193 e. The van der Waals surface area contributed by atoms with Gasteiger partial charge in [-0.1, -0.05) is 30.3 Å². The van der Waals surface area contributed by atoms with Crippen molar-refractivity contribution in [3.8, 4) is 0 Å². The molecule has 3 rings (SSSR count). The Kier molecular flexibility index (Phi) is 2.78. The van der Waals surface area contributed by atoms with Gasteiger partial charge in [0, 0.05) is 0 Å². The van der Waals surface area contributed by atoms with Crippen molar-refractivity contribution in [2.75, 3.05) is 19.8 Å². The van der Waals surface area contributed by atoms with Crippen LogP contribution in [0.3, 0.4) is 0 Å². The average molecular weight is 230 g/mol. The molecule has 1 aromatic rings. The van der Waals surface area contributed by atoms with Gasteiger partial charge < -0.3 is 9.47 Å². The number of nitrogens with zero attached hydrogens (tertiary/aromatic N) is 2. The molecule has 2 aliphatic heterocycles. The van der Waals surface area contributed by atoms with E-state index < -0.39 is 0 Å². The Hall–Kier alpha value is -1.84. The summed E-state index contributed by atoms with van der Waals surface area (Å²) in [5, 5.41) is 0. The van der Waals surface area contributed by atoms with Gasteiger partial charge in [-0.15, -0.1) is 0 Å². The highest BCUT2D eigenvalue weighted by Crippen LogP contribution is 2.23. The maximum atomic E-state index is 5.57. The molecule has 0 spiro atoms. The fourth-order valence-corrected chi connectivity index (χ4v) is 1.98. The standard InChI is InChI=1S/C13H14N2O2/c1-2-4-10(5-3-1)11-9-17-13(15-11)8-12-14-6-7-16-12/h1-5,11H,6-9H2. The van der Waals surface area contributed by atoms with E-state index in [0.29, 0.717) is 19.6 Å². The first kappa shape index (κ1) is 10.3. The normalized spacial score (nSPS) is 22.7. The molecule has 1 unspecified atom stereocenters. The van der Waals surface area contributed by atoms with Gasteiger partial charge in [0.2, 0.25) is 0 Å². The summed E-state index contributed by atoms with van der Waals surface area (Å²) >= 11 is 0. The lowest BCUT2D eigenvalue weighted by atomic mass is 10.1. The SMILES string of the molecule is c1ccc(C2COC(CC3=NCCO3)=N2)cc1. The molecule has 0 aliphatic carbocycles. The van der Waals surface area contributed by atoms with Gasteiger partial charge in [0.1, 0.15) is 19.3 Å². The maximum absolute atomic E-state index is 5.57. The summed E-state index contributed by atoms with van der Waals surface area (Å²) in [6.07, 6.45) is 0.587. The number of aliphatic imine (C=N–C) groups is 2. The van der Waals surface area contributed by atoms with Crippen LogP contribution in [0.5, 0.6) is 0 Å². The van der Waals surface area contributed by atoms with Gasteiger partial charge in [0.05, 0.1) is 13.0 Å². The van der Waals surface area contributed by atoms with Crippen molar-refractivity contribution in [3.63, 3.8) is 0 Å². The second-order valence-corrected chi connectivity index (χ2v) is 4.06. The van der Waals surface area contributed by atoms with Gasteiger partial charge in [-0.25, -0.2) is 4.99 Å². The topological polar surface area (TPSA) is 43.2 Å². The van der Waals surface area contributed by atoms with Crippen molar-refractivity contribution < 1.29 is 9.47 Å². The molecule has 0 fully saturated rings. The fourth-order valence-electron chi connectivity index (χ4n) is 1.98. The molecule has 2 aliphatic rings. The van der Waals surface area contributed by atoms with Crippen LogP contribution in [0.25, 0.3) is 0 Å². The minimum absolute atomic E-state index is 0.119. The third-order valence-corrected chi connectivity index (χ3v) is 2.84. The molecule has 17 heavy (non-hydrogen) atoms. The Labute approximate surface area is 100.0 Å². The highest BCUT2D eigenvalue weighted by Gasteiger charge is 2.22. The summed E-state index contributed by atoms with van der Waals surface area (Å²) in [6.45, 7) is 2.06. The monoisotopic (exact) mass is 230 g/mol. The van der Waals surface area contributed by atoms with Crippen LogP contribution in [0.4, 0.5) is 0 Å². The molecule has 1 aromatic carbocycles. The van der Waals surface area contributed by atoms with E-state index in [-0.39, 0.29) is 6.04 Å². The summed E-state index contributed by atoms with van der Waals surface area (Å²) in [5.41, 5.74) is 1.19. The molecule has 0 bridgehead atoms. The first-order valence-electron chi connectivity index (χ1n) is 5.82. The zero-order valence-electron chi connectivity index (χ0n) is 9.50. The van der Waals surface area contributed by atoms with Crippen LogP contribution in [-0.4, -0.2) is 31.6 Å². The van der Waals surface area contributed by atoms with Crippen molar-refractivity contribution in [3.05, 3.63) is 35.9 Å². The molecule has 4 nitrogen and oxygen atoms in total. The Morgan fingerprint density at radius 3 is 2.76 bits per heavy atom. The second-order valence-electron chi connectivity index (χ2n) is 4.06. The van der Waals surface area contributed by atoms with Crippen LogP contribution in [0.1, 0.15) is 18.0 Å². The minimum Gasteiger partial charge on any atom is -0.479 e. The Morgan fingerprint density at radius 1 is 1.12 bits per heavy atom. The first-order chi connectivity index (χ1) is 8.42. The van der Waals surface area contributed by atoms with Gasteiger partial charge in [-0.3, -0.25) is 4.99 Å². The Morgan fingerprint density at radius 2 is 2.00 bits per heavy atom. The van der Waals surface area contributed by atoms with E-state index >= 15 is 0 Å². The highest BCUT2D eigenvalue weighted by atomic mass is 16.5.